The van der Waals surface area contributed by atoms with Crippen LogP contribution in [0.25, 0.3) is 11.1 Å². The van der Waals surface area contributed by atoms with E-state index in [0.717, 1.165) is 24.0 Å². The molecule has 2 saturated carbocycles. The van der Waals surface area contributed by atoms with Gasteiger partial charge in [-0.05, 0) is 74.1 Å². The summed E-state index contributed by atoms with van der Waals surface area (Å²) in [6, 6.07) is 13.2. The Kier molecular flexibility index (Phi) is 5.46. The van der Waals surface area contributed by atoms with Gasteiger partial charge in [0.1, 0.15) is 11.5 Å². The van der Waals surface area contributed by atoms with E-state index in [-0.39, 0.29) is 17.8 Å². The van der Waals surface area contributed by atoms with Crippen LogP contribution in [0.15, 0.2) is 54.9 Å². The van der Waals surface area contributed by atoms with Gasteiger partial charge in [0.25, 0.3) is 5.91 Å². The quantitative estimate of drug-likeness (QED) is 0.357. The molecule has 2 aromatic heterocycles. The molecule has 1 aromatic carbocycles. The molecule has 7 nitrogen and oxygen atoms in total. The number of nitrogens with zero attached hydrogens (tertiary/aromatic N) is 3. The van der Waals surface area contributed by atoms with Gasteiger partial charge in [0.15, 0.2) is 0 Å². The lowest BCUT2D eigenvalue weighted by atomic mass is 10.0. The molecule has 0 saturated heterocycles. The lowest BCUT2D eigenvalue weighted by Crippen LogP contribution is -2.31. The van der Waals surface area contributed by atoms with Gasteiger partial charge in [-0.25, -0.2) is 0 Å². The maximum atomic E-state index is 12.9. The molecule has 3 N–H and O–H groups in total. The molecule has 0 spiro atoms. The summed E-state index contributed by atoms with van der Waals surface area (Å²) in [4.78, 5) is 23.5. The van der Waals surface area contributed by atoms with Crippen LogP contribution in [0, 0.1) is 17.7 Å². The highest BCUT2D eigenvalue weighted by Gasteiger charge is 2.30. The third kappa shape index (κ3) is 4.53. The van der Waals surface area contributed by atoms with Crippen molar-refractivity contribution >= 4 is 23.8 Å². The van der Waals surface area contributed by atoms with Crippen molar-refractivity contribution in [3.8, 4) is 11.1 Å². The molecule has 2 aliphatic rings. The lowest BCUT2D eigenvalue weighted by molar-refractivity contribution is 0.102. The Hall–Kier alpha value is -3.87. The second kappa shape index (κ2) is 8.58. The van der Waals surface area contributed by atoms with Crippen LogP contribution in [0.1, 0.15) is 58.9 Å². The van der Waals surface area contributed by atoms with Crippen molar-refractivity contribution < 1.29 is 4.79 Å². The molecular formula is C26H26N6O. The smallest absolute Gasteiger partial charge is 0.274 e. The lowest BCUT2D eigenvalue weighted by Gasteiger charge is -2.19. The summed E-state index contributed by atoms with van der Waals surface area (Å²) < 4.78 is 0. The number of amidine groups is 1. The van der Waals surface area contributed by atoms with Crippen molar-refractivity contribution in [1.82, 2.24) is 14.9 Å². The van der Waals surface area contributed by atoms with Crippen molar-refractivity contribution in [2.75, 3.05) is 5.32 Å². The molecule has 7 heteroatoms. The number of benzene rings is 1. The van der Waals surface area contributed by atoms with Crippen molar-refractivity contribution in [1.29, 1.82) is 10.8 Å². The van der Waals surface area contributed by atoms with E-state index in [9.17, 15) is 4.79 Å². The van der Waals surface area contributed by atoms with E-state index in [1.165, 1.54) is 30.4 Å². The molecule has 0 aliphatic heterocycles. The number of anilines is 1. The summed E-state index contributed by atoms with van der Waals surface area (Å²) in [5.74, 6) is 0.553. The van der Waals surface area contributed by atoms with Crippen molar-refractivity contribution in [3.05, 3.63) is 77.4 Å². The fraction of sp³-hybridized carbons (Fsp3) is 0.269. The number of hydrogen-bond acceptors (Lipinski definition) is 5. The molecule has 3 aromatic rings. The zero-order chi connectivity index (χ0) is 22.9. The monoisotopic (exact) mass is 438 g/mol. The molecular weight excluding hydrogens is 412 g/mol. The molecule has 0 radical (unpaired) electrons. The van der Waals surface area contributed by atoms with E-state index in [2.05, 4.69) is 28.3 Å². The number of aromatic nitrogens is 2. The Labute approximate surface area is 192 Å². The molecule has 5 rings (SSSR count). The summed E-state index contributed by atoms with van der Waals surface area (Å²) in [6.45, 7) is 2.09. The molecule has 2 heterocycles. The number of aryl methyl sites for hydroxylation is 1. The highest BCUT2D eigenvalue weighted by molar-refractivity contribution is 6.06. The third-order valence-electron chi connectivity index (χ3n) is 6.14. The van der Waals surface area contributed by atoms with Crippen LogP contribution in [0.4, 0.5) is 5.69 Å². The Bertz CT molecular complexity index is 1250. The van der Waals surface area contributed by atoms with Crippen molar-refractivity contribution in [2.45, 2.75) is 44.6 Å². The summed E-state index contributed by atoms with van der Waals surface area (Å²) in [7, 11) is 0. The van der Waals surface area contributed by atoms with E-state index >= 15 is 0 Å². The normalized spacial score (nSPS) is 15.1. The van der Waals surface area contributed by atoms with Crippen LogP contribution in [0.2, 0.25) is 0 Å². The summed E-state index contributed by atoms with van der Waals surface area (Å²) in [5, 5.41) is 18.9. The van der Waals surface area contributed by atoms with Gasteiger partial charge in [0, 0.05) is 46.9 Å². The van der Waals surface area contributed by atoms with Gasteiger partial charge >= 0.3 is 0 Å². The zero-order valence-electron chi connectivity index (χ0n) is 18.5. The number of amides is 1. The van der Waals surface area contributed by atoms with Crippen LogP contribution >= 0.6 is 0 Å². The molecule has 166 valence electrons. The number of nitrogens with one attached hydrogen (secondary N) is 3. The molecule has 0 atom stereocenters. The predicted octanol–water partition coefficient (Wildman–Crippen LogP) is 4.98. The molecule has 1 amide bonds. The van der Waals surface area contributed by atoms with Gasteiger partial charge in [-0.2, -0.15) is 0 Å². The average molecular weight is 439 g/mol. The molecule has 0 unspecified atom stereocenters. The van der Waals surface area contributed by atoms with Crippen LogP contribution in [-0.2, 0) is 0 Å². The maximum Gasteiger partial charge on any atom is 0.274 e. The second-order valence-electron chi connectivity index (χ2n) is 8.78. The van der Waals surface area contributed by atoms with E-state index in [1.54, 1.807) is 35.4 Å². The fourth-order valence-electron chi connectivity index (χ4n) is 4.06. The molecule has 33 heavy (non-hydrogen) atoms. The number of pyridine rings is 2. The minimum atomic E-state index is -0.314. The highest BCUT2D eigenvalue weighted by atomic mass is 16.1. The van der Waals surface area contributed by atoms with Crippen LogP contribution in [0.5, 0.6) is 0 Å². The summed E-state index contributed by atoms with van der Waals surface area (Å²) in [5.41, 5.74) is 5.78. The van der Waals surface area contributed by atoms with Crippen molar-refractivity contribution in [2.24, 2.45) is 0 Å². The topological polar surface area (TPSA) is 106 Å². The first-order chi connectivity index (χ1) is 16.0. The summed E-state index contributed by atoms with van der Waals surface area (Å²) >= 11 is 0. The van der Waals surface area contributed by atoms with E-state index in [4.69, 9.17) is 10.8 Å². The summed E-state index contributed by atoms with van der Waals surface area (Å²) in [6.07, 6.45) is 9.14. The van der Waals surface area contributed by atoms with Crippen LogP contribution in [0.3, 0.4) is 0 Å². The van der Waals surface area contributed by atoms with Gasteiger partial charge in [-0.3, -0.25) is 25.6 Å². The minimum Gasteiger partial charge on any atom is -0.321 e. The molecule has 0 bridgehead atoms. The molecule has 2 aliphatic carbocycles. The molecule has 2 fully saturated rings. The van der Waals surface area contributed by atoms with Gasteiger partial charge in [0.05, 0.1) is 6.34 Å². The first kappa shape index (κ1) is 21.0. The van der Waals surface area contributed by atoms with Gasteiger partial charge in [0.2, 0.25) is 0 Å². The van der Waals surface area contributed by atoms with Crippen molar-refractivity contribution in [3.63, 3.8) is 0 Å². The van der Waals surface area contributed by atoms with E-state index in [1.807, 2.05) is 18.3 Å². The Morgan fingerprint density at radius 2 is 1.91 bits per heavy atom. The standard InChI is InChI=1S/C26H26N6O/c1-16-11-20(14-30-24(16)17-5-6-17)18-9-10-29-23(13-18)26(33)31-21-4-2-3-19(12-21)25(28)32(15-27)22-7-8-22/h2-4,9-15,17,22,27-28H,5-8H2,1H3,(H,31,33). The Morgan fingerprint density at radius 1 is 1.09 bits per heavy atom. The zero-order valence-corrected chi connectivity index (χ0v) is 18.5. The highest BCUT2D eigenvalue weighted by Crippen LogP contribution is 2.41. The van der Waals surface area contributed by atoms with E-state index < -0.39 is 0 Å². The largest absolute Gasteiger partial charge is 0.321 e. The van der Waals surface area contributed by atoms with Gasteiger partial charge < -0.3 is 10.2 Å². The third-order valence-corrected chi connectivity index (χ3v) is 6.14. The number of hydrogen-bond donors (Lipinski definition) is 3. The predicted molar refractivity (Wildman–Crippen MR) is 129 cm³/mol. The first-order valence-corrected chi connectivity index (χ1v) is 11.3. The number of carbonyl (C=O) groups excluding carboxylic acids is 1. The second-order valence-corrected chi connectivity index (χ2v) is 8.78. The minimum absolute atomic E-state index is 0.233. The number of carbonyl (C=O) groups is 1. The van der Waals surface area contributed by atoms with Gasteiger partial charge in [-0.1, -0.05) is 12.1 Å². The van der Waals surface area contributed by atoms with Crippen LogP contribution < -0.4 is 5.32 Å². The SMILES string of the molecule is Cc1cc(-c2ccnc(C(=O)Nc3cccc(C(=N)N(C=N)C4CC4)c3)c2)cnc1C1CC1. The number of rotatable bonds is 7. The Morgan fingerprint density at radius 3 is 2.61 bits per heavy atom. The van der Waals surface area contributed by atoms with E-state index in [0.29, 0.717) is 22.9 Å². The first-order valence-electron chi connectivity index (χ1n) is 11.3. The van der Waals surface area contributed by atoms with Gasteiger partial charge in [-0.15, -0.1) is 0 Å². The fourth-order valence-corrected chi connectivity index (χ4v) is 4.06. The van der Waals surface area contributed by atoms with Crippen LogP contribution in [-0.4, -0.2) is 39.0 Å². The maximum absolute atomic E-state index is 12.9. The average Bonchev–Trinajstić information content (AvgIpc) is 3.74. The Balaban J connectivity index is 1.33.